The van der Waals surface area contributed by atoms with Crippen LogP contribution in [0.2, 0.25) is 0 Å². The van der Waals surface area contributed by atoms with E-state index in [4.69, 9.17) is 4.98 Å². The van der Waals surface area contributed by atoms with E-state index >= 15 is 0 Å². The van der Waals surface area contributed by atoms with Gasteiger partial charge in [0.25, 0.3) is 0 Å². The fraction of sp³-hybridized carbons (Fsp3) is 0.667. The maximum Gasteiger partial charge on any atom is 0.133 e. The standard InChI is InChI=1S/C15H23BrN4/c1-17-9-12-8-13(16)10-18-15(12)20-7-3-6-19-5-2-4-14(19)11-20/h8,10,14,17H,2-7,9,11H2,1H3. The van der Waals surface area contributed by atoms with Gasteiger partial charge in [0.2, 0.25) is 0 Å². The number of nitrogens with zero attached hydrogens (tertiary/aromatic N) is 3. The zero-order valence-electron chi connectivity index (χ0n) is 12.1. The SMILES string of the molecule is CNCc1cc(Br)cnc1N1CCCN2CCCC2C1. The third kappa shape index (κ3) is 3.00. The van der Waals surface area contributed by atoms with Crippen molar-refractivity contribution in [2.45, 2.75) is 31.8 Å². The van der Waals surface area contributed by atoms with E-state index in [-0.39, 0.29) is 0 Å². The van der Waals surface area contributed by atoms with Crippen molar-refractivity contribution < 1.29 is 0 Å². The average Bonchev–Trinajstić information content (AvgIpc) is 2.77. The third-order valence-corrected chi connectivity index (χ3v) is 4.81. The molecule has 3 heterocycles. The fourth-order valence-electron chi connectivity index (χ4n) is 3.48. The molecule has 2 saturated heterocycles. The molecule has 0 radical (unpaired) electrons. The van der Waals surface area contributed by atoms with Crippen molar-refractivity contribution in [2.75, 3.05) is 38.1 Å². The van der Waals surface area contributed by atoms with Crippen LogP contribution in [0.5, 0.6) is 0 Å². The van der Waals surface area contributed by atoms with E-state index in [9.17, 15) is 0 Å². The number of fused-ring (bicyclic) bond motifs is 1. The van der Waals surface area contributed by atoms with Gasteiger partial charge in [0.1, 0.15) is 5.82 Å². The first-order valence-corrected chi connectivity index (χ1v) is 8.35. The van der Waals surface area contributed by atoms with Crippen LogP contribution in [0.15, 0.2) is 16.7 Å². The first-order valence-electron chi connectivity index (χ1n) is 7.56. The Morgan fingerprint density at radius 2 is 2.20 bits per heavy atom. The molecule has 1 aromatic rings. The van der Waals surface area contributed by atoms with Crippen LogP contribution in [0, 0.1) is 0 Å². The highest BCUT2D eigenvalue weighted by Crippen LogP contribution is 2.27. The lowest BCUT2D eigenvalue weighted by Gasteiger charge is -2.28. The molecule has 110 valence electrons. The number of anilines is 1. The van der Waals surface area contributed by atoms with Crippen LogP contribution < -0.4 is 10.2 Å². The Morgan fingerprint density at radius 1 is 1.35 bits per heavy atom. The molecule has 5 heteroatoms. The molecule has 3 rings (SSSR count). The topological polar surface area (TPSA) is 31.4 Å². The number of nitrogens with one attached hydrogen (secondary N) is 1. The number of aromatic nitrogens is 1. The normalized spacial score (nSPS) is 23.7. The molecule has 2 aliphatic heterocycles. The van der Waals surface area contributed by atoms with Crippen molar-refractivity contribution in [1.82, 2.24) is 15.2 Å². The highest BCUT2D eigenvalue weighted by Gasteiger charge is 2.29. The Bertz CT molecular complexity index is 465. The van der Waals surface area contributed by atoms with Gasteiger partial charge in [-0.2, -0.15) is 0 Å². The lowest BCUT2D eigenvalue weighted by molar-refractivity contribution is 0.273. The number of rotatable bonds is 3. The van der Waals surface area contributed by atoms with Gasteiger partial charge >= 0.3 is 0 Å². The number of halogens is 1. The Hall–Kier alpha value is -0.650. The largest absolute Gasteiger partial charge is 0.355 e. The molecule has 20 heavy (non-hydrogen) atoms. The van der Waals surface area contributed by atoms with Gasteiger partial charge in [-0.05, 0) is 54.9 Å². The minimum atomic E-state index is 0.727. The summed E-state index contributed by atoms with van der Waals surface area (Å²) in [6.07, 6.45) is 5.86. The van der Waals surface area contributed by atoms with Crippen molar-refractivity contribution in [1.29, 1.82) is 0 Å². The van der Waals surface area contributed by atoms with Crippen molar-refractivity contribution in [3.8, 4) is 0 Å². The zero-order valence-corrected chi connectivity index (χ0v) is 13.7. The molecule has 0 bridgehead atoms. The van der Waals surface area contributed by atoms with E-state index in [1.165, 1.54) is 37.9 Å². The lowest BCUT2D eigenvalue weighted by atomic mass is 10.2. The fourth-order valence-corrected chi connectivity index (χ4v) is 3.86. The smallest absolute Gasteiger partial charge is 0.133 e. The Labute approximate surface area is 129 Å². The van der Waals surface area contributed by atoms with Gasteiger partial charge in [-0.1, -0.05) is 0 Å². The van der Waals surface area contributed by atoms with Gasteiger partial charge in [0, 0.05) is 48.5 Å². The van der Waals surface area contributed by atoms with Crippen LogP contribution >= 0.6 is 15.9 Å². The molecule has 4 nitrogen and oxygen atoms in total. The van der Waals surface area contributed by atoms with Crippen molar-refractivity contribution >= 4 is 21.7 Å². The number of pyridine rings is 1. The highest BCUT2D eigenvalue weighted by molar-refractivity contribution is 9.10. The average molecular weight is 339 g/mol. The summed E-state index contributed by atoms with van der Waals surface area (Å²) in [5.41, 5.74) is 1.29. The molecule has 2 fully saturated rings. The molecule has 1 aromatic heterocycles. The van der Waals surface area contributed by atoms with E-state index < -0.39 is 0 Å². The summed E-state index contributed by atoms with van der Waals surface area (Å²) >= 11 is 3.53. The lowest BCUT2D eigenvalue weighted by Crippen LogP contribution is -2.37. The quantitative estimate of drug-likeness (QED) is 0.915. The first-order chi connectivity index (χ1) is 9.78. The molecule has 0 aromatic carbocycles. The predicted molar refractivity (Wildman–Crippen MR) is 86.1 cm³/mol. The second kappa shape index (κ2) is 6.41. The van der Waals surface area contributed by atoms with Crippen LogP contribution in [-0.4, -0.2) is 49.2 Å². The molecule has 0 amide bonds. The Kier molecular flexibility index (Phi) is 4.58. The van der Waals surface area contributed by atoms with Gasteiger partial charge in [-0.15, -0.1) is 0 Å². The summed E-state index contributed by atoms with van der Waals surface area (Å²) < 4.78 is 1.06. The van der Waals surface area contributed by atoms with Crippen LogP contribution in [0.1, 0.15) is 24.8 Å². The molecule has 1 N–H and O–H groups in total. The maximum atomic E-state index is 4.70. The Morgan fingerprint density at radius 3 is 3.05 bits per heavy atom. The summed E-state index contributed by atoms with van der Waals surface area (Å²) in [6.45, 7) is 5.66. The second-order valence-corrected chi connectivity index (χ2v) is 6.71. The number of hydrogen-bond acceptors (Lipinski definition) is 4. The van der Waals surface area contributed by atoms with Crippen molar-refractivity contribution in [3.05, 3.63) is 22.3 Å². The predicted octanol–water partition coefficient (Wildman–Crippen LogP) is 2.24. The van der Waals surface area contributed by atoms with Gasteiger partial charge in [-0.25, -0.2) is 4.98 Å². The maximum absolute atomic E-state index is 4.70. The van der Waals surface area contributed by atoms with Crippen molar-refractivity contribution in [3.63, 3.8) is 0 Å². The molecule has 0 spiro atoms. The molecular weight excluding hydrogens is 316 g/mol. The minimum absolute atomic E-state index is 0.727. The van der Waals surface area contributed by atoms with Crippen LogP contribution in [0.25, 0.3) is 0 Å². The summed E-state index contributed by atoms with van der Waals surface area (Å²) in [7, 11) is 1.99. The zero-order chi connectivity index (χ0) is 13.9. The molecule has 1 unspecified atom stereocenters. The van der Waals surface area contributed by atoms with Gasteiger partial charge < -0.3 is 10.2 Å². The Balaban J connectivity index is 1.83. The molecule has 0 aliphatic carbocycles. The second-order valence-electron chi connectivity index (χ2n) is 5.80. The van der Waals surface area contributed by atoms with E-state index in [1.807, 2.05) is 13.2 Å². The molecule has 0 saturated carbocycles. The molecular formula is C15H23BrN4. The molecule has 1 atom stereocenters. The van der Waals surface area contributed by atoms with E-state index in [0.29, 0.717) is 0 Å². The summed E-state index contributed by atoms with van der Waals surface area (Å²) in [5.74, 6) is 1.16. The van der Waals surface area contributed by atoms with Crippen molar-refractivity contribution in [2.24, 2.45) is 0 Å². The minimum Gasteiger partial charge on any atom is -0.355 e. The van der Waals surface area contributed by atoms with Crippen LogP contribution in [0.4, 0.5) is 5.82 Å². The van der Waals surface area contributed by atoms with E-state index in [1.54, 1.807) is 0 Å². The van der Waals surface area contributed by atoms with Gasteiger partial charge in [-0.3, -0.25) is 4.90 Å². The first kappa shape index (κ1) is 14.3. The van der Waals surface area contributed by atoms with Crippen LogP contribution in [-0.2, 0) is 6.54 Å². The number of hydrogen-bond donors (Lipinski definition) is 1. The monoisotopic (exact) mass is 338 g/mol. The summed E-state index contributed by atoms with van der Waals surface area (Å²) in [6, 6.07) is 2.92. The van der Waals surface area contributed by atoms with E-state index in [2.05, 4.69) is 37.1 Å². The summed E-state index contributed by atoms with van der Waals surface area (Å²) in [5, 5.41) is 3.25. The highest BCUT2D eigenvalue weighted by atomic mass is 79.9. The molecule has 2 aliphatic rings. The van der Waals surface area contributed by atoms with Crippen LogP contribution in [0.3, 0.4) is 0 Å². The summed E-state index contributed by atoms with van der Waals surface area (Å²) in [4.78, 5) is 9.86. The van der Waals surface area contributed by atoms with E-state index in [0.717, 1.165) is 36.0 Å². The third-order valence-electron chi connectivity index (χ3n) is 4.38. The van der Waals surface area contributed by atoms with Gasteiger partial charge in [0.15, 0.2) is 0 Å². The van der Waals surface area contributed by atoms with Gasteiger partial charge in [0.05, 0.1) is 0 Å².